The monoisotopic (exact) mass is 317 g/mol. The van der Waals surface area contributed by atoms with Gasteiger partial charge in [-0.1, -0.05) is 13.3 Å². The van der Waals surface area contributed by atoms with E-state index in [0.29, 0.717) is 6.54 Å². The van der Waals surface area contributed by atoms with Crippen molar-refractivity contribution in [1.82, 2.24) is 5.32 Å². The molecular weight excluding hydrogens is 290 g/mol. The molecule has 0 bridgehead atoms. The molecule has 126 valence electrons. The summed E-state index contributed by atoms with van der Waals surface area (Å²) in [6.07, 6.45) is 5.63. The highest BCUT2D eigenvalue weighted by Gasteiger charge is 2.12. The van der Waals surface area contributed by atoms with E-state index in [-0.39, 0.29) is 18.2 Å². The van der Waals surface area contributed by atoms with Crippen LogP contribution in [0.3, 0.4) is 0 Å². The van der Waals surface area contributed by atoms with E-state index in [1.165, 1.54) is 24.9 Å². The largest absolute Gasteiger partial charge is 0.372 e. The fourth-order valence-corrected chi connectivity index (χ4v) is 2.73. The van der Waals surface area contributed by atoms with Crippen LogP contribution < -0.4 is 15.5 Å². The van der Waals surface area contributed by atoms with E-state index in [2.05, 4.69) is 22.5 Å². The summed E-state index contributed by atoms with van der Waals surface area (Å²) in [4.78, 5) is 25.8. The Kier molecular flexibility index (Phi) is 6.91. The quantitative estimate of drug-likeness (QED) is 0.600. The zero-order valence-electron chi connectivity index (χ0n) is 13.9. The number of piperidine rings is 1. The molecule has 5 nitrogen and oxygen atoms in total. The fourth-order valence-electron chi connectivity index (χ4n) is 2.73. The summed E-state index contributed by atoms with van der Waals surface area (Å²) in [5.74, 6) is -0.495. The first-order valence-corrected chi connectivity index (χ1v) is 8.60. The van der Waals surface area contributed by atoms with E-state index < -0.39 is 0 Å². The summed E-state index contributed by atoms with van der Waals surface area (Å²) in [6.45, 7) is 4.90. The van der Waals surface area contributed by atoms with Crippen molar-refractivity contribution in [3.8, 4) is 0 Å². The lowest BCUT2D eigenvalue weighted by molar-refractivity contribution is -0.126. The van der Waals surface area contributed by atoms with Gasteiger partial charge in [0.15, 0.2) is 0 Å². The summed E-state index contributed by atoms with van der Waals surface area (Å²) in [5.41, 5.74) is 1.93. The second-order valence-corrected chi connectivity index (χ2v) is 6.02. The summed E-state index contributed by atoms with van der Waals surface area (Å²) in [7, 11) is 0. The number of hydrogen-bond donors (Lipinski definition) is 2. The van der Waals surface area contributed by atoms with Crippen LogP contribution in [0.1, 0.15) is 45.4 Å². The van der Waals surface area contributed by atoms with Gasteiger partial charge in [-0.2, -0.15) is 0 Å². The van der Waals surface area contributed by atoms with E-state index >= 15 is 0 Å². The Bertz CT molecular complexity index is 508. The molecule has 2 rings (SSSR count). The first-order chi connectivity index (χ1) is 11.2. The van der Waals surface area contributed by atoms with Gasteiger partial charge in [0.1, 0.15) is 6.42 Å². The minimum atomic E-state index is -0.273. The zero-order valence-corrected chi connectivity index (χ0v) is 13.9. The first kappa shape index (κ1) is 17.3. The third-order valence-electron chi connectivity index (χ3n) is 4.05. The van der Waals surface area contributed by atoms with E-state index in [4.69, 9.17) is 0 Å². The fraction of sp³-hybridized carbons (Fsp3) is 0.556. The molecule has 1 heterocycles. The van der Waals surface area contributed by atoms with Crippen LogP contribution in [0.5, 0.6) is 0 Å². The topological polar surface area (TPSA) is 61.4 Å². The molecule has 5 heteroatoms. The molecule has 2 N–H and O–H groups in total. The van der Waals surface area contributed by atoms with Gasteiger partial charge >= 0.3 is 0 Å². The Morgan fingerprint density at radius 2 is 1.74 bits per heavy atom. The number of benzene rings is 1. The minimum absolute atomic E-state index is 0.127. The SMILES string of the molecule is CCCCNC(=O)CC(=O)Nc1ccc(N2CCCCC2)cc1. The number of rotatable bonds is 7. The van der Waals surface area contributed by atoms with Gasteiger partial charge in [0.2, 0.25) is 11.8 Å². The predicted molar refractivity (Wildman–Crippen MR) is 93.7 cm³/mol. The highest BCUT2D eigenvalue weighted by atomic mass is 16.2. The van der Waals surface area contributed by atoms with Gasteiger partial charge in [-0.15, -0.1) is 0 Å². The summed E-state index contributed by atoms with van der Waals surface area (Å²) in [5, 5.41) is 5.52. The van der Waals surface area contributed by atoms with Crippen molar-refractivity contribution in [2.75, 3.05) is 29.9 Å². The molecule has 1 saturated heterocycles. The van der Waals surface area contributed by atoms with Crippen LogP contribution >= 0.6 is 0 Å². The van der Waals surface area contributed by atoms with Gasteiger partial charge in [-0.3, -0.25) is 9.59 Å². The number of unbranched alkanes of at least 4 members (excludes halogenated alkanes) is 1. The molecule has 0 saturated carbocycles. The predicted octanol–water partition coefficient (Wildman–Crippen LogP) is 2.92. The molecule has 0 aliphatic carbocycles. The molecule has 1 aromatic rings. The van der Waals surface area contributed by atoms with Crippen LogP contribution in [-0.4, -0.2) is 31.4 Å². The van der Waals surface area contributed by atoms with Gasteiger partial charge in [0.25, 0.3) is 0 Å². The molecule has 0 radical (unpaired) electrons. The van der Waals surface area contributed by atoms with E-state index in [1.54, 1.807) is 0 Å². The average Bonchev–Trinajstić information content (AvgIpc) is 2.56. The van der Waals surface area contributed by atoms with Gasteiger partial charge < -0.3 is 15.5 Å². The van der Waals surface area contributed by atoms with Crippen molar-refractivity contribution in [2.45, 2.75) is 45.4 Å². The van der Waals surface area contributed by atoms with Crippen LogP contribution in [0.25, 0.3) is 0 Å². The maximum atomic E-state index is 11.9. The smallest absolute Gasteiger partial charge is 0.233 e. The number of carbonyl (C=O) groups is 2. The second-order valence-electron chi connectivity index (χ2n) is 6.02. The molecular formula is C18H27N3O2. The number of nitrogens with one attached hydrogen (secondary N) is 2. The molecule has 23 heavy (non-hydrogen) atoms. The Labute approximate surface area is 138 Å². The molecule has 1 aromatic carbocycles. The van der Waals surface area contributed by atoms with E-state index in [9.17, 15) is 9.59 Å². The van der Waals surface area contributed by atoms with Crippen LogP contribution in [0.2, 0.25) is 0 Å². The molecule has 1 aliphatic rings. The third-order valence-corrected chi connectivity index (χ3v) is 4.05. The van der Waals surface area contributed by atoms with Gasteiger partial charge in [0, 0.05) is 31.0 Å². The lowest BCUT2D eigenvalue weighted by atomic mass is 10.1. The van der Waals surface area contributed by atoms with Gasteiger partial charge in [-0.05, 0) is 49.9 Å². The molecule has 1 aliphatic heterocycles. The van der Waals surface area contributed by atoms with Gasteiger partial charge in [-0.25, -0.2) is 0 Å². The molecule has 1 fully saturated rings. The van der Waals surface area contributed by atoms with Crippen molar-refractivity contribution in [3.63, 3.8) is 0 Å². The highest BCUT2D eigenvalue weighted by molar-refractivity contribution is 6.03. The first-order valence-electron chi connectivity index (χ1n) is 8.60. The minimum Gasteiger partial charge on any atom is -0.372 e. The van der Waals surface area contributed by atoms with E-state index in [0.717, 1.165) is 31.6 Å². The number of amides is 2. The lowest BCUT2D eigenvalue weighted by Crippen LogP contribution is -2.29. The second kappa shape index (κ2) is 9.18. The molecule has 0 unspecified atom stereocenters. The number of anilines is 2. The molecule has 0 spiro atoms. The Hall–Kier alpha value is -2.04. The highest BCUT2D eigenvalue weighted by Crippen LogP contribution is 2.21. The maximum Gasteiger partial charge on any atom is 0.233 e. The zero-order chi connectivity index (χ0) is 16.5. The van der Waals surface area contributed by atoms with Crippen molar-refractivity contribution in [1.29, 1.82) is 0 Å². The number of hydrogen-bond acceptors (Lipinski definition) is 3. The summed E-state index contributed by atoms with van der Waals surface area (Å²) >= 11 is 0. The van der Waals surface area contributed by atoms with Gasteiger partial charge in [0.05, 0.1) is 0 Å². The maximum absolute atomic E-state index is 11.9. The summed E-state index contributed by atoms with van der Waals surface area (Å²) in [6, 6.07) is 7.86. The average molecular weight is 317 g/mol. The van der Waals surface area contributed by atoms with Crippen LogP contribution in [0.4, 0.5) is 11.4 Å². The third kappa shape index (κ3) is 5.93. The standard InChI is InChI=1S/C18H27N3O2/c1-2-3-11-19-17(22)14-18(23)20-15-7-9-16(10-8-15)21-12-5-4-6-13-21/h7-10H,2-6,11-14H2,1H3,(H,19,22)(H,20,23). The van der Waals surface area contributed by atoms with Crippen LogP contribution in [0, 0.1) is 0 Å². The Morgan fingerprint density at radius 3 is 2.39 bits per heavy atom. The van der Waals surface area contributed by atoms with Crippen molar-refractivity contribution in [3.05, 3.63) is 24.3 Å². The molecule has 0 atom stereocenters. The van der Waals surface area contributed by atoms with Crippen molar-refractivity contribution >= 4 is 23.2 Å². The van der Waals surface area contributed by atoms with E-state index in [1.807, 2.05) is 24.3 Å². The normalized spacial score (nSPS) is 14.4. The molecule has 0 aromatic heterocycles. The Morgan fingerprint density at radius 1 is 1.04 bits per heavy atom. The van der Waals surface area contributed by atoms with Crippen molar-refractivity contribution < 1.29 is 9.59 Å². The van der Waals surface area contributed by atoms with Crippen LogP contribution in [-0.2, 0) is 9.59 Å². The summed E-state index contributed by atoms with van der Waals surface area (Å²) < 4.78 is 0. The molecule has 2 amide bonds. The Balaban J connectivity index is 1.78. The van der Waals surface area contributed by atoms with Crippen LogP contribution in [0.15, 0.2) is 24.3 Å². The lowest BCUT2D eigenvalue weighted by Gasteiger charge is -2.28. The number of nitrogens with zero attached hydrogens (tertiary/aromatic N) is 1. The van der Waals surface area contributed by atoms with Crippen molar-refractivity contribution in [2.24, 2.45) is 0 Å². The number of carbonyl (C=O) groups excluding carboxylic acids is 2.